The van der Waals surface area contributed by atoms with Gasteiger partial charge in [0.05, 0.1) is 0 Å². The van der Waals surface area contributed by atoms with Crippen LogP contribution < -0.4 is 11.2 Å². The van der Waals surface area contributed by atoms with Crippen LogP contribution in [-0.4, -0.2) is 29.0 Å². The van der Waals surface area contributed by atoms with Gasteiger partial charge in [-0.05, 0) is 24.7 Å². The summed E-state index contributed by atoms with van der Waals surface area (Å²) in [6.45, 7) is 1.91. The van der Waals surface area contributed by atoms with Gasteiger partial charge in [0.15, 0.2) is 4.99 Å². The van der Waals surface area contributed by atoms with Gasteiger partial charge >= 0.3 is 0 Å². The molecule has 1 aliphatic heterocycles. The zero-order valence-corrected chi connectivity index (χ0v) is 8.85. The molecule has 78 valence electrons. The highest BCUT2D eigenvalue weighted by Gasteiger charge is 2.36. The van der Waals surface area contributed by atoms with Gasteiger partial charge in [0.25, 0.3) is 5.91 Å². The maximum absolute atomic E-state index is 11.2. The average molecular weight is 213 g/mol. The third kappa shape index (κ3) is 1.88. The first-order chi connectivity index (χ1) is 6.66. The Bertz CT molecular complexity index is 257. The van der Waals surface area contributed by atoms with Crippen LogP contribution in [0, 0.1) is 11.8 Å². The fraction of sp³-hybridized carbons (Fsp3) is 0.778. The van der Waals surface area contributed by atoms with Crippen LogP contribution in [0.3, 0.4) is 0 Å². The van der Waals surface area contributed by atoms with Crippen molar-refractivity contribution in [1.29, 1.82) is 0 Å². The molecule has 0 radical (unpaired) electrons. The summed E-state index contributed by atoms with van der Waals surface area (Å²) in [5.41, 5.74) is 7.96. The molecule has 1 heterocycles. The number of amides is 1. The van der Waals surface area contributed by atoms with E-state index in [2.05, 4.69) is 17.6 Å². The van der Waals surface area contributed by atoms with Crippen molar-refractivity contribution in [3.8, 4) is 0 Å². The molecular weight excluding hydrogens is 198 g/mol. The normalized spacial score (nSPS) is 31.4. The molecule has 0 aromatic heterocycles. The molecule has 0 aromatic rings. The minimum Gasteiger partial charge on any atom is -0.385 e. The summed E-state index contributed by atoms with van der Waals surface area (Å²) in [5, 5.41) is 1.95. The highest BCUT2D eigenvalue weighted by atomic mass is 32.1. The lowest BCUT2D eigenvalue weighted by Crippen LogP contribution is -2.46. The lowest BCUT2D eigenvalue weighted by atomic mass is 10.0. The van der Waals surface area contributed by atoms with E-state index in [1.165, 1.54) is 19.3 Å². The Labute approximate surface area is 88.8 Å². The number of hydrogen-bond donors (Lipinski definition) is 2. The molecule has 3 N–H and O–H groups in total. The van der Waals surface area contributed by atoms with E-state index in [4.69, 9.17) is 5.73 Å². The molecule has 2 aliphatic rings. The summed E-state index contributed by atoms with van der Waals surface area (Å²) in [6, 6.07) is 0. The third-order valence-corrected chi connectivity index (χ3v) is 3.40. The van der Waals surface area contributed by atoms with Crippen molar-refractivity contribution in [1.82, 2.24) is 10.4 Å². The van der Waals surface area contributed by atoms with Crippen molar-refractivity contribution in [2.75, 3.05) is 13.1 Å². The number of rotatable bonds is 1. The van der Waals surface area contributed by atoms with Crippen LogP contribution in [0.2, 0.25) is 0 Å². The molecule has 1 aliphatic carbocycles. The summed E-state index contributed by atoms with van der Waals surface area (Å²) < 4.78 is 0. The van der Waals surface area contributed by atoms with Gasteiger partial charge in [-0.3, -0.25) is 10.2 Å². The van der Waals surface area contributed by atoms with Crippen LogP contribution in [-0.2, 0) is 4.79 Å². The molecule has 0 bridgehead atoms. The van der Waals surface area contributed by atoms with E-state index >= 15 is 0 Å². The van der Waals surface area contributed by atoms with E-state index in [1.54, 1.807) is 0 Å². The number of carbonyl (C=O) groups excluding carboxylic acids is 1. The average Bonchev–Trinajstić information content (AvgIpc) is 2.63. The molecule has 1 saturated carbocycles. The molecular formula is C9H15N3OS. The monoisotopic (exact) mass is 213 g/mol. The van der Waals surface area contributed by atoms with Crippen molar-refractivity contribution in [2.45, 2.75) is 19.3 Å². The largest absolute Gasteiger partial charge is 0.385 e. The van der Waals surface area contributed by atoms with Gasteiger partial charge in [-0.1, -0.05) is 18.6 Å². The number of nitrogens with one attached hydrogen (secondary N) is 1. The van der Waals surface area contributed by atoms with Crippen molar-refractivity contribution in [2.24, 2.45) is 17.6 Å². The van der Waals surface area contributed by atoms with Gasteiger partial charge in [-0.25, -0.2) is 5.01 Å². The summed E-state index contributed by atoms with van der Waals surface area (Å²) in [6.07, 6.45) is 3.93. The Morgan fingerprint density at radius 3 is 2.43 bits per heavy atom. The summed E-state index contributed by atoms with van der Waals surface area (Å²) in [7, 11) is 0. The molecule has 2 atom stereocenters. The first kappa shape index (κ1) is 9.86. The van der Waals surface area contributed by atoms with Gasteiger partial charge in [0, 0.05) is 13.1 Å². The predicted molar refractivity (Wildman–Crippen MR) is 57.3 cm³/mol. The standard InChI is InChI=1S/C9H15N3OS/c10-8(14)9(13)11-12-4-6-2-1-3-7(6)5-12/h6-7H,1-5H2,(H2,10,14)(H,11,13). The van der Waals surface area contributed by atoms with Crippen LogP contribution in [0.4, 0.5) is 0 Å². The highest BCUT2D eigenvalue weighted by molar-refractivity contribution is 7.81. The van der Waals surface area contributed by atoms with Gasteiger partial charge in [-0.15, -0.1) is 0 Å². The second-order valence-electron chi connectivity index (χ2n) is 4.16. The van der Waals surface area contributed by atoms with E-state index in [1.807, 2.05) is 5.01 Å². The SMILES string of the molecule is NC(=S)C(=O)NN1CC2CCCC2C1. The van der Waals surface area contributed by atoms with E-state index in [9.17, 15) is 4.79 Å². The minimum atomic E-state index is -0.333. The summed E-state index contributed by atoms with van der Waals surface area (Å²) >= 11 is 4.59. The van der Waals surface area contributed by atoms with Gasteiger partial charge in [0.1, 0.15) is 0 Å². The first-order valence-corrected chi connectivity index (χ1v) is 5.43. The number of nitrogens with zero attached hydrogens (tertiary/aromatic N) is 1. The predicted octanol–water partition coefficient (Wildman–Crippen LogP) is 0.0356. The zero-order chi connectivity index (χ0) is 10.1. The maximum atomic E-state index is 11.2. The number of hydrogen-bond acceptors (Lipinski definition) is 3. The van der Waals surface area contributed by atoms with E-state index < -0.39 is 0 Å². The van der Waals surface area contributed by atoms with E-state index in [0.29, 0.717) is 0 Å². The van der Waals surface area contributed by atoms with Crippen LogP contribution >= 0.6 is 12.2 Å². The van der Waals surface area contributed by atoms with Crippen LogP contribution in [0.1, 0.15) is 19.3 Å². The fourth-order valence-corrected chi connectivity index (χ4v) is 2.57. The smallest absolute Gasteiger partial charge is 0.292 e. The summed E-state index contributed by atoms with van der Waals surface area (Å²) in [5.74, 6) is 1.20. The van der Waals surface area contributed by atoms with Crippen LogP contribution in [0.15, 0.2) is 0 Å². The highest BCUT2D eigenvalue weighted by Crippen LogP contribution is 2.36. The molecule has 14 heavy (non-hydrogen) atoms. The second-order valence-corrected chi connectivity index (χ2v) is 4.60. The minimum absolute atomic E-state index is 0.0814. The molecule has 5 heteroatoms. The third-order valence-electron chi connectivity index (χ3n) is 3.21. The first-order valence-electron chi connectivity index (χ1n) is 5.02. The van der Waals surface area contributed by atoms with Gasteiger partial charge in [0.2, 0.25) is 0 Å². The fourth-order valence-electron chi connectivity index (χ4n) is 2.53. The molecule has 0 spiro atoms. The topological polar surface area (TPSA) is 58.4 Å². The second kappa shape index (κ2) is 3.82. The van der Waals surface area contributed by atoms with Crippen LogP contribution in [0.5, 0.6) is 0 Å². The maximum Gasteiger partial charge on any atom is 0.292 e. The number of carbonyl (C=O) groups is 1. The van der Waals surface area contributed by atoms with Crippen molar-refractivity contribution < 1.29 is 4.79 Å². The zero-order valence-electron chi connectivity index (χ0n) is 8.03. The van der Waals surface area contributed by atoms with E-state index in [-0.39, 0.29) is 10.9 Å². The Hall–Kier alpha value is -0.680. The van der Waals surface area contributed by atoms with Gasteiger partial charge < -0.3 is 5.73 Å². The van der Waals surface area contributed by atoms with Crippen molar-refractivity contribution in [3.63, 3.8) is 0 Å². The molecule has 2 fully saturated rings. The number of fused-ring (bicyclic) bond motifs is 1. The van der Waals surface area contributed by atoms with Crippen molar-refractivity contribution in [3.05, 3.63) is 0 Å². The number of nitrogens with two attached hydrogens (primary N) is 1. The Morgan fingerprint density at radius 1 is 1.36 bits per heavy atom. The number of thiocarbonyl (C=S) groups is 1. The van der Waals surface area contributed by atoms with Crippen molar-refractivity contribution >= 4 is 23.1 Å². The molecule has 1 amide bonds. The van der Waals surface area contributed by atoms with Gasteiger partial charge in [-0.2, -0.15) is 0 Å². The Balaban J connectivity index is 1.85. The number of hydrazine groups is 1. The molecule has 0 aromatic carbocycles. The Kier molecular flexibility index (Phi) is 2.69. The van der Waals surface area contributed by atoms with Crippen LogP contribution in [0.25, 0.3) is 0 Å². The lowest BCUT2D eigenvalue weighted by molar-refractivity contribution is -0.118. The quantitative estimate of drug-likeness (QED) is 0.604. The molecule has 2 unspecified atom stereocenters. The Morgan fingerprint density at radius 2 is 1.93 bits per heavy atom. The molecule has 2 rings (SSSR count). The lowest BCUT2D eigenvalue weighted by Gasteiger charge is -2.17. The van der Waals surface area contributed by atoms with E-state index in [0.717, 1.165) is 24.9 Å². The molecule has 1 saturated heterocycles. The summed E-state index contributed by atoms with van der Waals surface area (Å²) in [4.78, 5) is 11.1. The molecule has 4 nitrogen and oxygen atoms in total.